The molecule has 170 valence electrons. The maximum atomic E-state index is 13.9. The minimum Gasteiger partial charge on any atom is -0.494 e. The van der Waals surface area contributed by atoms with Crippen LogP contribution in [-0.4, -0.2) is 79.6 Å². The average molecular weight is 449 g/mol. The van der Waals surface area contributed by atoms with Crippen molar-refractivity contribution < 1.29 is 13.9 Å². The lowest BCUT2D eigenvalue weighted by Gasteiger charge is -2.43. The molecule has 1 aliphatic carbocycles. The summed E-state index contributed by atoms with van der Waals surface area (Å²) in [6, 6.07) is 5.79. The summed E-state index contributed by atoms with van der Waals surface area (Å²) < 4.78 is 18.9. The molecule has 2 aliphatic heterocycles. The molecule has 3 aliphatic rings. The van der Waals surface area contributed by atoms with E-state index in [4.69, 9.17) is 10.5 Å². The molecule has 0 spiro atoms. The Morgan fingerprint density at radius 3 is 2.65 bits per heavy atom. The van der Waals surface area contributed by atoms with Gasteiger partial charge in [-0.2, -0.15) is 0 Å². The highest BCUT2D eigenvalue weighted by atomic mass is 32.2. The molecule has 1 saturated heterocycles. The van der Waals surface area contributed by atoms with E-state index < -0.39 is 0 Å². The van der Waals surface area contributed by atoms with Crippen molar-refractivity contribution in [3.05, 3.63) is 40.2 Å². The number of ether oxygens (including phenoxy) is 1. The first-order valence-corrected chi connectivity index (χ1v) is 12.2. The zero-order chi connectivity index (χ0) is 21.8. The summed E-state index contributed by atoms with van der Waals surface area (Å²) >= 11 is 1.63. The number of nitrogens with two attached hydrogens (primary N) is 1. The minimum atomic E-state index is -0.351. The van der Waals surface area contributed by atoms with Crippen molar-refractivity contribution in [2.75, 3.05) is 52.9 Å². The van der Waals surface area contributed by atoms with Crippen LogP contribution in [0.5, 0.6) is 5.75 Å². The van der Waals surface area contributed by atoms with E-state index in [0.717, 1.165) is 61.4 Å². The molecule has 1 saturated carbocycles. The smallest absolute Gasteiger partial charge is 0.236 e. The average Bonchev–Trinajstić information content (AvgIpc) is 2.73. The van der Waals surface area contributed by atoms with E-state index >= 15 is 0 Å². The second-order valence-electron chi connectivity index (χ2n) is 8.67. The third kappa shape index (κ3) is 5.54. The Morgan fingerprint density at radius 1 is 1.23 bits per heavy atom. The molecule has 8 heteroatoms. The Morgan fingerprint density at radius 2 is 2.00 bits per heavy atom. The predicted molar refractivity (Wildman–Crippen MR) is 122 cm³/mol. The molecular weight excluding hydrogens is 415 g/mol. The Balaban J connectivity index is 1.25. The van der Waals surface area contributed by atoms with Crippen LogP contribution in [0.15, 0.2) is 28.8 Å². The van der Waals surface area contributed by atoms with Gasteiger partial charge in [-0.3, -0.25) is 14.6 Å². The molecule has 6 nitrogen and oxygen atoms in total. The Hall–Kier alpha value is -1.77. The SMILES string of the molecule is COc1ccc(CSC2=C(N)CCN(CC(=O)N3CCN(C4CCC4)CC3)C2)cc1F. The molecule has 1 amide bonds. The number of halogens is 1. The van der Waals surface area contributed by atoms with Gasteiger partial charge in [0, 0.05) is 68.1 Å². The number of carbonyl (C=O) groups excluding carboxylic acids is 1. The standard InChI is InChI=1S/C23H33FN4O2S/c1-30-21-6-5-17(13-19(21)24)16-31-22-14-26(8-7-20(22)25)15-23(29)28-11-9-27(10-12-28)18-3-2-4-18/h5-6,13,18H,2-4,7-12,14-16,25H2,1H3. The molecule has 2 N–H and O–H groups in total. The first-order valence-electron chi connectivity index (χ1n) is 11.2. The lowest BCUT2D eigenvalue weighted by Crippen LogP contribution is -2.55. The van der Waals surface area contributed by atoms with Crippen molar-refractivity contribution in [3.63, 3.8) is 0 Å². The molecule has 2 fully saturated rings. The van der Waals surface area contributed by atoms with Crippen LogP contribution in [0.4, 0.5) is 4.39 Å². The molecule has 31 heavy (non-hydrogen) atoms. The molecule has 0 bridgehead atoms. The van der Waals surface area contributed by atoms with Gasteiger partial charge in [0.2, 0.25) is 5.91 Å². The molecule has 1 aromatic rings. The number of amides is 1. The van der Waals surface area contributed by atoms with Crippen LogP contribution in [0.1, 0.15) is 31.2 Å². The van der Waals surface area contributed by atoms with Crippen LogP contribution >= 0.6 is 11.8 Å². The molecule has 0 radical (unpaired) electrons. The molecule has 1 aromatic carbocycles. The highest BCUT2D eigenvalue weighted by molar-refractivity contribution is 8.02. The number of thioether (sulfide) groups is 1. The van der Waals surface area contributed by atoms with Crippen molar-refractivity contribution in [3.8, 4) is 5.75 Å². The molecule has 2 heterocycles. The molecule has 0 unspecified atom stereocenters. The summed E-state index contributed by atoms with van der Waals surface area (Å²) in [4.78, 5) is 20.7. The molecule has 4 rings (SSSR count). The van der Waals surface area contributed by atoms with Gasteiger partial charge in [0.1, 0.15) is 0 Å². The van der Waals surface area contributed by atoms with Gasteiger partial charge in [-0.1, -0.05) is 12.5 Å². The Bertz CT molecular complexity index is 822. The van der Waals surface area contributed by atoms with E-state index in [1.807, 2.05) is 11.0 Å². The van der Waals surface area contributed by atoms with Crippen molar-refractivity contribution in [1.29, 1.82) is 0 Å². The second kappa shape index (κ2) is 10.2. The van der Waals surface area contributed by atoms with Crippen molar-refractivity contribution in [1.82, 2.24) is 14.7 Å². The third-order valence-corrected chi connectivity index (χ3v) is 7.89. The highest BCUT2D eigenvalue weighted by Gasteiger charge is 2.30. The largest absolute Gasteiger partial charge is 0.494 e. The second-order valence-corrected chi connectivity index (χ2v) is 9.74. The van der Waals surface area contributed by atoms with Gasteiger partial charge in [-0.05, 0) is 30.5 Å². The fourth-order valence-corrected chi connectivity index (χ4v) is 5.51. The van der Waals surface area contributed by atoms with Crippen LogP contribution in [0.25, 0.3) is 0 Å². The van der Waals surface area contributed by atoms with Crippen molar-refractivity contribution in [2.45, 2.75) is 37.5 Å². The quantitative estimate of drug-likeness (QED) is 0.692. The van der Waals surface area contributed by atoms with Gasteiger partial charge in [0.05, 0.1) is 13.7 Å². The van der Waals surface area contributed by atoms with Crippen molar-refractivity contribution in [2.24, 2.45) is 5.73 Å². The van der Waals surface area contributed by atoms with Gasteiger partial charge < -0.3 is 15.4 Å². The predicted octanol–water partition coefficient (Wildman–Crippen LogP) is 2.64. The summed E-state index contributed by atoms with van der Waals surface area (Å²) in [6.07, 6.45) is 4.75. The maximum Gasteiger partial charge on any atom is 0.236 e. The van der Waals surface area contributed by atoms with E-state index in [9.17, 15) is 9.18 Å². The normalized spacial score (nSPS) is 21.3. The lowest BCUT2D eigenvalue weighted by atomic mass is 9.91. The number of carbonyl (C=O) groups is 1. The zero-order valence-electron chi connectivity index (χ0n) is 18.3. The number of hydrogen-bond acceptors (Lipinski definition) is 6. The fraction of sp³-hybridized carbons (Fsp3) is 0.609. The summed E-state index contributed by atoms with van der Waals surface area (Å²) in [5.41, 5.74) is 8.03. The van der Waals surface area contributed by atoms with Crippen LogP contribution in [-0.2, 0) is 10.5 Å². The van der Waals surface area contributed by atoms with Crippen LogP contribution in [0.2, 0.25) is 0 Å². The number of rotatable bonds is 7. The topological polar surface area (TPSA) is 62.0 Å². The Kier molecular flexibility index (Phi) is 7.40. The number of nitrogens with zero attached hydrogens (tertiary/aromatic N) is 3. The zero-order valence-corrected chi connectivity index (χ0v) is 19.1. The van der Waals surface area contributed by atoms with Crippen LogP contribution < -0.4 is 10.5 Å². The summed E-state index contributed by atoms with van der Waals surface area (Å²) in [6.45, 7) is 5.62. The van der Waals surface area contributed by atoms with E-state index in [-0.39, 0.29) is 17.5 Å². The number of benzene rings is 1. The summed E-state index contributed by atoms with van der Waals surface area (Å²) in [5.74, 6) is 0.761. The minimum absolute atomic E-state index is 0.218. The number of methoxy groups -OCH3 is 1. The third-order valence-electron chi connectivity index (χ3n) is 6.67. The molecule has 0 aromatic heterocycles. The van der Waals surface area contributed by atoms with Crippen LogP contribution in [0, 0.1) is 5.82 Å². The lowest BCUT2D eigenvalue weighted by molar-refractivity contribution is -0.134. The highest BCUT2D eigenvalue weighted by Crippen LogP contribution is 2.29. The van der Waals surface area contributed by atoms with Gasteiger partial charge >= 0.3 is 0 Å². The fourth-order valence-electron chi connectivity index (χ4n) is 4.42. The van der Waals surface area contributed by atoms with Gasteiger partial charge in [0.15, 0.2) is 11.6 Å². The van der Waals surface area contributed by atoms with E-state index in [2.05, 4.69) is 9.80 Å². The summed E-state index contributed by atoms with van der Waals surface area (Å²) in [5, 5.41) is 0. The Labute approximate surface area is 188 Å². The molecule has 0 atom stereocenters. The van der Waals surface area contributed by atoms with Crippen molar-refractivity contribution >= 4 is 17.7 Å². The van der Waals surface area contributed by atoms with Gasteiger partial charge in [0.25, 0.3) is 0 Å². The van der Waals surface area contributed by atoms with E-state index in [0.29, 0.717) is 18.8 Å². The maximum absolute atomic E-state index is 13.9. The van der Waals surface area contributed by atoms with Crippen LogP contribution in [0.3, 0.4) is 0 Å². The van der Waals surface area contributed by atoms with Gasteiger partial charge in [-0.15, -0.1) is 11.8 Å². The first kappa shape index (κ1) is 22.4. The van der Waals surface area contributed by atoms with Gasteiger partial charge in [-0.25, -0.2) is 4.39 Å². The first-order chi connectivity index (χ1) is 15.0. The monoisotopic (exact) mass is 448 g/mol. The number of hydrogen-bond donors (Lipinski definition) is 1. The molecular formula is C23H33FN4O2S. The van der Waals surface area contributed by atoms with E-state index in [1.165, 1.54) is 32.4 Å². The van der Waals surface area contributed by atoms with E-state index in [1.54, 1.807) is 17.8 Å². The summed E-state index contributed by atoms with van der Waals surface area (Å²) in [7, 11) is 1.46. The number of piperazine rings is 1.